The molecule has 0 fully saturated rings. The molecule has 0 radical (unpaired) electrons. The number of esters is 1. The van der Waals surface area contributed by atoms with Gasteiger partial charge in [0.1, 0.15) is 11.5 Å². The molecule has 3 aromatic rings. The van der Waals surface area contributed by atoms with Crippen molar-refractivity contribution in [2.24, 2.45) is 0 Å². The van der Waals surface area contributed by atoms with Crippen LogP contribution < -0.4 is 14.8 Å². The first kappa shape index (κ1) is 20.7. The second kappa shape index (κ2) is 9.04. The monoisotopic (exact) mass is 420 g/mol. The van der Waals surface area contributed by atoms with E-state index in [4.69, 9.17) is 19.2 Å². The summed E-state index contributed by atoms with van der Waals surface area (Å²) in [5.41, 5.74) is 3.67. The number of rotatable bonds is 6. The van der Waals surface area contributed by atoms with Crippen LogP contribution >= 0.6 is 0 Å². The van der Waals surface area contributed by atoms with Gasteiger partial charge in [0, 0.05) is 35.0 Å². The number of ether oxygens (including phenoxy) is 3. The molecule has 1 N–H and O–H groups in total. The van der Waals surface area contributed by atoms with Gasteiger partial charge in [-0.15, -0.1) is 0 Å². The van der Waals surface area contributed by atoms with E-state index in [1.54, 1.807) is 18.2 Å². The molecule has 0 unspecified atom stereocenters. The molecule has 31 heavy (non-hydrogen) atoms. The fraction of sp³-hybridized carbons (Fsp3) is 0.292. The summed E-state index contributed by atoms with van der Waals surface area (Å²) >= 11 is 0. The molecule has 1 heterocycles. The predicted molar refractivity (Wildman–Crippen MR) is 117 cm³/mol. The van der Waals surface area contributed by atoms with Crippen LogP contribution in [0.1, 0.15) is 34.5 Å². The van der Waals surface area contributed by atoms with E-state index >= 15 is 0 Å². The van der Waals surface area contributed by atoms with Gasteiger partial charge in [-0.1, -0.05) is 18.2 Å². The van der Waals surface area contributed by atoms with Gasteiger partial charge in [0.05, 0.1) is 25.3 Å². The number of aromatic nitrogens is 1. The number of nitrogens with one attached hydrogen (secondary N) is 1. The number of benzene rings is 2. The van der Waals surface area contributed by atoms with Crippen molar-refractivity contribution >= 4 is 28.5 Å². The quantitative estimate of drug-likeness (QED) is 0.608. The van der Waals surface area contributed by atoms with Crippen molar-refractivity contribution in [2.45, 2.75) is 25.7 Å². The van der Waals surface area contributed by atoms with Gasteiger partial charge in [0.25, 0.3) is 5.91 Å². The number of fused-ring (bicyclic) bond motifs is 2. The van der Waals surface area contributed by atoms with Crippen molar-refractivity contribution < 1.29 is 23.8 Å². The lowest BCUT2D eigenvalue weighted by atomic mass is 9.90. The molecule has 0 saturated heterocycles. The highest BCUT2D eigenvalue weighted by Crippen LogP contribution is 2.30. The van der Waals surface area contributed by atoms with E-state index in [0.717, 1.165) is 47.8 Å². The summed E-state index contributed by atoms with van der Waals surface area (Å²) in [5.74, 6) is 0.133. The summed E-state index contributed by atoms with van der Waals surface area (Å²) < 4.78 is 15.8. The predicted octanol–water partition coefficient (Wildman–Crippen LogP) is 3.93. The number of para-hydroxylation sites is 1. The third-order valence-electron chi connectivity index (χ3n) is 5.34. The third kappa shape index (κ3) is 4.45. The lowest BCUT2D eigenvalue weighted by Crippen LogP contribution is -2.22. The van der Waals surface area contributed by atoms with Gasteiger partial charge in [-0.05, 0) is 37.3 Å². The molecule has 1 aliphatic rings. The van der Waals surface area contributed by atoms with Gasteiger partial charge < -0.3 is 19.5 Å². The molecule has 1 amide bonds. The smallest absolute Gasteiger partial charge is 0.339 e. The Bertz CT molecular complexity index is 1120. The molecule has 0 atom stereocenters. The Kier molecular flexibility index (Phi) is 6.02. The molecule has 1 aromatic heterocycles. The van der Waals surface area contributed by atoms with E-state index in [0.29, 0.717) is 22.7 Å². The molecular formula is C24H24N2O5. The lowest BCUT2D eigenvalue weighted by molar-refractivity contribution is -0.119. The summed E-state index contributed by atoms with van der Waals surface area (Å²) in [6.45, 7) is -0.399. The molecule has 160 valence electrons. The highest BCUT2D eigenvalue weighted by atomic mass is 16.5. The van der Waals surface area contributed by atoms with Crippen LogP contribution in [0.15, 0.2) is 42.5 Å². The number of carbonyl (C=O) groups is 2. The van der Waals surface area contributed by atoms with Crippen molar-refractivity contribution in [3.05, 3.63) is 59.3 Å². The van der Waals surface area contributed by atoms with E-state index in [2.05, 4.69) is 5.32 Å². The first-order valence-corrected chi connectivity index (χ1v) is 10.2. The maximum absolute atomic E-state index is 13.0. The number of pyridine rings is 1. The van der Waals surface area contributed by atoms with Gasteiger partial charge >= 0.3 is 5.97 Å². The van der Waals surface area contributed by atoms with Crippen LogP contribution in [0.4, 0.5) is 5.69 Å². The second-order valence-electron chi connectivity index (χ2n) is 7.36. The van der Waals surface area contributed by atoms with Gasteiger partial charge in [0.2, 0.25) is 0 Å². The van der Waals surface area contributed by atoms with Gasteiger partial charge in [-0.25, -0.2) is 4.79 Å². The van der Waals surface area contributed by atoms with Crippen molar-refractivity contribution in [3.8, 4) is 11.5 Å². The van der Waals surface area contributed by atoms with Crippen LogP contribution in [0, 0.1) is 0 Å². The van der Waals surface area contributed by atoms with Crippen LogP contribution in [0.2, 0.25) is 0 Å². The summed E-state index contributed by atoms with van der Waals surface area (Å²) in [5, 5.41) is 3.46. The van der Waals surface area contributed by atoms with E-state index in [9.17, 15) is 9.59 Å². The minimum atomic E-state index is -0.505. The summed E-state index contributed by atoms with van der Waals surface area (Å²) in [4.78, 5) is 30.2. The van der Waals surface area contributed by atoms with Crippen molar-refractivity contribution in [1.82, 2.24) is 4.98 Å². The number of anilines is 1. The Morgan fingerprint density at radius 1 is 1.00 bits per heavy atom. The summed E-state index contributed by atoms with van der Waals surface area (Å²) in [7, 11) is 3.06. The molecule has 0 bridgehead atoms. The Morgan fingerprint density at radius 3 is 2.45 bits per heavy atom. The summed E-state index contributed by atoms with van der Waals surface area (Å²) in [6.07, 6.45) is 3.69. The fourth-order valence-electron chi connectivity index (χ4n) is 3.89. The van der Waals surface area contributed by atoms with Crippen molar-refractivity contribution in [2.75, 3.05) is 26.1 Å². The van der Waals surface area contributed by atoms with Crippen molar-refractivity contribution in [1.29, 1.82) is 0 Å². The van der Waals surface area contributed by atoms with E-state index in [1.165, 1.54) is 14.2 Å². The zero-order valence-electron chi connectivity index (χ0n) is 17.6. The van der Waals surface area contributed by atoms with Crippen LogP contribution in [-0.4, -0.2) is 37.7 Å². The van der Waals surface area contributed by atoms with Gasteiger partial charge in [-0.2, -0.15) is 0 Å². The number of hydrogen-bond acceptors (Lipinski definition) is 6. The number of aryl methyl sites for hydroxylation is 1. The number of nitrogens with zero attached hydrogens (tertiary/aromatic N) is 1. The maximum Gasteiger partial charge on any atom is 0.339 e. The van der Waals surface area contributed by atoms with Crippen LogP contribution in [-0.2, 0) is 22.4 Å². The van der Waals surface area contributed by atoms with Gasteiger partial charge in [-0.3, -0.25) is 9.78 Å². The van der Waals surface area contributed by atoms with E-state index in [-0.39, 0.29) is 0 Å². The molecule has 7 heteroatoms. The normalized spacial score (nSPS) is 12.7. The topological polar surface area (TPSA) is 86.8 Å². The first-order valence-electron chi connectivity index (χ1n) is 10.2. The highest BCUT2D eigenvalue weighted by Gasteiger charge is 2.24. The number of hydrogen-bond donors (Lipinski definition) is 1. The minimum absolute atomic E-state index is 0.399. The number of carbonyl (C=O) groups excluding carboxylic acids is 2. The highest BCUT2D eigenvalue weighted by molar-refractivity contribution is 6.06. The molecule has 1 aliphatic carbocycles. The molecule has 4 rings (SSSR count). The zero-order valence-corrected chi connectivity index (χ0v) is 17.6. The third-order valence-corrected chi connectivity index (χ3v) is 5.34. The van der Waals surface area contributed by atoms with E-state index in [1.807, 2.05) is 24.3 Å². The largest absolute Gasteiger partial charge is 0.497 e. The summed E-state index contributed by atoms with van der Waals surface area (Å²) in [6, 6.07) is 12.6. The fourth-order valence-corrected chi connectivity index (χ4v) is 3.89. The molecule has 0 spiro atoms. The average Bonchev–Trinajstić information content (AvgIpc) is 2.80. The molecule has 0 saturated carbocycles. The molecule has 0 aliphatic heterocycles. The van der Waals surface area contributed by atoms with Crippen LogP contribution in [0.3, 0.4) is 0 Å². The number of amides is 1. The number of methoxy groups -OCH3 is 2. The Morgan fingerprint density at radius 2 is 1.71 bits per heavy atom. The SMILES string of the molecule is COc1cc(NC(=O)COC(=O)c2c3c(nc4ccccc24)CCCC3)cc(OC)c1. The van der Waals surface area contributed by atoms with Crippen LogP contribution in [0.5, 0.6) is 11.5 Å². The Labute approximate surface area is 180 Å². The van der Waals surface area contributed by atoms with Gasteiger partial charge in [0.15, 0.2) is 6.61 Å². The Hall–Kier alpha value is -3.61. The van der Waals surface area contributed by atoms with Crippen molar-refractivity contribution in [3.63, 3.8) is 0 Å². The maximum atomic E-state index is 13.0. The van der Waals surface area contributed by atoms with Crippen LogP contribution in [0.25, 0.3) is 10.9 Å². The second-order valence-corrected chi connectivity index (χ2v) is 7.36. The average molecular weight is 420 g/mol. The molecular weight excluding hydrogens is 396 g/mol. The molecule has 7 nitrogen and oxygen atoms in total. The molecule has 2 aromatic carbocycles. The van der Waals surface area contributed by atoms with E-state index < -0.39 is 18.5 Å². The minimum Gasteiger partial charge on any atom is -0.497 e. The zero-order chi connectivity index (χ0) is 21.8. The lowest BCUT2D eigenvalue weighted by Gasteiger charge is -2.20. The standard InChI is InChI=1S/C24H24N2O5/c1-29-16-11-15(12-17(13-16)30-2)25-22(27)14-31-24(28)23-18-7-3-5-9-20(18)26-21-10-6-4-8-19(21)23/h3,5,7,9,11-13H,4,6,8,10,14H2,1-2H3,(H,25,27). The first-order chi connectivity index (χ1) is 15.1. The Balaban J connectivity index is 1.52.